The standard InChI is InChI=1S/C18H30N2O.C7H16/c1-2-3-15-21-18-10-5-4-9-17(18)16-19-11-8-14-20-12-6-7-13-20;1-3-5-7-6-4-2/h4-5,9-10,19H,2-3,6-8,11-16H2,1H3;3-7H2,1-2H3. The molecule has 0 bridgehead atoms. The van der Waals surface area contributed by atoms with Crippen LogP contribution in [0.5, 0.6) is 5.75 Å². The molecular weight excluding hydrogens is 344 g/mol. The summed E-state index contributed by atoms with van der Waals surface area (Å²) in [5.74, 6) is 1.04. The molecule has 2 rings (SSSR count). The number of unbranched alkanes of at least 4 members (excludes halogenated alkanes) is 5. The molecule has 0 radical (unpaired) electrons. The molecule has 1 saturated heterocycles. The Morgan fingerprint density at radius 1 is 0.857 bits per heavy atom. The Morgan fingerprint density at radius 3 is 2.21 bits per heavy atom. The third-order valence-electron chi connectivity index (χ3n) is 5.28. The number of nitrogens with one attached hydrogen (secondary N) is 1. The van der Waals surface area contributed by atoms with Crippen molar-refractivity contribution >= 4 is 0 Å². The average molecular weight is 391 g/mol. The van der Waals surface area contributed by atoms with Gasteiger partial charge in [-0.05, 0) is 57.9 Å². The Labute approximate surface area is 175 Å². The number of ether oxygens (including phenoxy) is 1. The van der Waals surface area contributed by atoms with Gasteiger partial charge in [-0.25, -0.2) is 0 Å². The van der Waals surface area contributed by atoms with Crippen LogP contribution in [-0.2, 0) is 6.54 Å². The Bertz CT molecular complexity index is 454. The highest BCUT2D eigenvalue weighted by molar-refractivity contribution is 5.33. The maximum absolute atomic E-state index is 5.87. The minimum atomic E-state index is 0.822. The van der Waals surface area contributed by atoms with Gasteiger partial charge in [-0.15, -0.1) is 0 Å². The minimum Gasteiger partial charge on any atom is -0.493 e. The molecule has 1 aromatic carbocycles. The third-order valence-corrected chi connectivity index (χ3v) is 5.28. The number of hydrogen-bond donors (Lipinski definition) is 1. The van der Waals surface area contributed by atoms with Crippen molar-refractivity contribution in [2.45, 2.75) is 91.5 Å². The molecule has 3 heteroatoms. The summed E-state index contributed by atoms with van der Waals surface area (Å²) in [5, 5.41) is 3.55. The average Bonchev–Trinajstić information content (AvgIpc) is 3.23. The van der Waals surface area contributed by atoms with Crippen LogP contribution in [0.25, 0.3) is 0 Å². The Hall–Kier alpha value is -1.06. The van der Waals surface area contributed by atoms with Gasteiger partial charge in [0, 0.05) is 12.1 Å². The summed E-state index contributed by atoms with van der Waals surface area (Å²) in [7, 11) is 0. The maximum atomic E-state index is 5.87. The van der Waals surface area contributed by atoms with Crippen molar-refractivity contribution in [3.63, 3.8) is 0 Å². The molecule has 1 aliphatic rings. The summed E-state index contributed by atoms with van der Waals surface area (Å²) < 4.78 is 5.87. The maximum Gasteiger partial charge on any atom is 0.123 e. The Balaban J connectivity index is 0.000000480. The first-order valence-electron chi connectivity index (χ1n) is 12.0. The Morgan fingerprint density at radius 2 is 1.54 bits per heavy atom. The van der Waals surface area contributed by atoms with Gasteiger partial charge >= 0.3 is 0 Å². The minimum absolute atomic E-state index is 0.822. The van der Waals surface area contributed by atoms with Gasteiger partial charge in [-0.1, -0.05) is 77.5 Å². The van der Waals surface area contributed by atoms with E-state index in [1.807, 2.05) is 0 Å². The lowest BCUT2D eigenvalue weighted by Gasteiger charge is -2.15. The summed E-state index contributed by atoms with van der Waals surface area (Å²) in [6.07, 6.45) is 13.3. The summed E-state index contributed by atoms with van der Waals surface area (Å²) in [5.41, 5.74) is 1.27. The number of rotatable bonds is 14. The molecule has 1 N–H and O–H groups in total. The lowest BCUT2D eigenvalue weighted by Crippen LogP contribution is -2.24. The van der Waals surface area contributed by atoms with Gasteiger partial charge in [0.15, 0.2) is 0 Å². The predicted molar refractivity (Wildman–Crippen MR) is 123 cm³/mol. The number of hydrogen-bond acceptors (Lipinski definition) is 3. The lowest BCUT2D eigenvalue weighted by atomic mass is 10.2. The smallest absolute Gasteiger partial charge is 0.123 e. The SMILES string of the molecule is CCCCCCC.CCCCOc1ccccc1CNCCCN1CCCC1. The van der Waals surface area contributed by atoms with Crippen LogP contribution in [0, 0.1) is 0 Å². The van der Waals surface area contributed by atoms with Crippen molar-refractivity contribution in [1.82, 2.24) is 10.2 Å². The molecule has 0 atom stereocenters. The van der Waals surface area contributed by atoms with Crippen molar-refractivity contribution in [3.05, 3.63) is 29.8 Å². The monoisotopic (exact) mass is 390 g/mol. The number of para-hydroxylation sites is 1. The van der Waals surface area contributed by atoms with Crippen LogP contribution in [-0.4, -0.2) is 37.7 Å². The summed E-state index contributed by atoms with van der Waals surface area (Å²) in [6, 6.07) is 8.39. The van der Waals surface area contributed by atoms with Crippen LogP contribution < -0.4 is 10.1 Å². The van der Waals surface area contributed by atoms with E-state index in [9.17, 15) is 0 Å². The van der Waals surface area contributed by atoms with Crippen LogP contribution in [0.15, 0.2) is 24.3 Å². The van der Waals surface area contributed by atoms with E-state index in [4.69, 9.17) is 4.74 Å². The fraction of sp³-hybridized carbons (Fsp3) is 0.760. The highest BCUT2D eigenvalue weighted by Crippen LogP contribution is 2.18. The van der Waals surface area contributed by atoms with Crippen LogP contribution in [0.4, 0.5) is 0 Å². The fourth-order valence-electron chi connectivity index (χ4n) is 3.45. The van der Waals surface area contributed by atoms with Gasteiger partial charge in [0.05, 0.1) is 6.61 Å². The lowest BCUT2D eigenvalue weighted by molar-refractivity contribution is 0.305. The fourth-order valence-corrected chi connectivity index (χ4v) is 3.45. The second-order valence-corrected chi connectivity index (χ2v) is 7.95. The summed E-state index contributed by atoms with van der Waals surface area (Å²) in [4.78, 5) is 2.57. The first-order valence-corrected chi connectivity index (χ1v) is 12.0. The predicted octanol–water partition coefficient (Wildman–Crippen LogP) is 6.42. The van der Waals surface area contributed by atoms with Crippen LogP contribution in [0.3, 0.4) is 0 Å². The van der Waals surface area contributed by atoms with Gasteiger partial charge < -0.3 is 15.0 Å². The number of nitrogens with zero attached hydrogens (tertiary/aromatic N) is 1. The van der Waals surface area contributed by atoms with E-state index in [0.717, 1.165) is 31.9 Å². The second kappa shape index (κ2) is 18.0. The largest absolute Gasteiger partial charge is 0.493 e. The van der Waals surface area contributed by atoms with Crippen molar-refractivity contribution < 1.29 is 4.74 Å². The number of likely N-dealkylation sites (tertiary alicyclic amines) is 1. The first kappa shape index (κ1) is 25.0. The molecule has 0 amide bonds. The highest BCUT2D eigenvalue weighted by Gasteiger charge is 2.10. The topological polar surface area (TPSA) is 24.5 Å². The summed E-state index contributed by atoms with van der Waals surface area (Å²) in [6.45, 7) is 13.3. The molecule has 28 heavy (non-hydrogen) atoms. The molecule has 1 fully saturated rings. The van der Waals surface area contributed by atoms with Crippen molar-refractivity contribution in [3.8, 4) is 5.75 Å². The van der Waals surface area contributed by atoms with E-state index >= 15 is 0 Å². The van der Waals surface area contributed by atoms with Crippen molar-refractivity contribution in [1.29, 1.82) is 0 Å². The molecule has 1 aliphatic heterocycles. The first-order chi connectivity index (χ1) is 13.8. The van der Waals surface area contributed by atoms with Crippen molar-refractivity contribution in [2.24, 2.45) is 0 Å². The van der Waals surface area contributed by atoms with E-state index in [1.54, 1.807) is 0 Å². The molecule has 1 heterocycles. The zero-order valence-electron chi connectivity index (χ0n) is 19.0. The van der Waals surface area contributed by atoms with Crippen molar-refractivity contribution in [2.75, 3.05) is 32.8 Å². The molecule has 0 aliphatic carbocycles. The van der Waals surface area contributed by atoms with Crippen LogP contribution >= 0.6 is 0 Å². The summed E-state index contributed by atoms with van der Waals surface area (Å²) >= 11 is 0. The quantitative estimate of drug-likeness (QED) is 0.371. The zero-order valence-corrected chi connectivity index (χ0v) is 19.0. The van der Waals surface area contributed by atoms with Crippen LogP contribution in [0.2, 0.25) is 0 Å². The number of benzene rings is 1. The highest BCUT2D eigenvalue weighted by atomic mass is 16.5. The van der Waals surface area contributed by atoms with E-state index in [2.05, 4.69) is 55.3 Å². The molecule has 162 valence electrons. The third kappa shape index (κ3) is 12.4. The molecule has 0 saturated carbocycles. The van der Waals surface area contributed by atoms with E-state index in [1.165, 1.54) is 83.0 Å². The molecule has 1 aromatic rings. The van der Waals surface area contributed by atoms with Gasteiger partial charge in [0.25, 0.3) is 0 Å². The molecular formula is C25H46N2O. The van der Waals surface area contributed by atoms with E-state index < -0.39 is 0 Å². The Kier molecular flexibility index (Phi) is 16.1. The van der Waals surface area contributed by atoms with E-state index in [0.29, 0.717) is 0 Å². The molecule has 3 nitrogen and oxygen atoms in total. The normalized spacial score (nSPS) is 14.0. The zero-order chi connectivity index (χ0) is 20.3. The van der Waals surface area contributed by atoms with Gasteiger partial charge in [0.2, 0.25) is 0 Å². The molecule has 0 spiro atoms. The van der Waals surface area contributed by atoms with E-state index in [-0.39, 0.29) is 0 Å². The second-order valence-electron chi connectivity index (χ2n) is 7.95. The van der Waals surface area contributed by atoms with Gasteiger partial charge in [-0.3, -0.25) is 0 Å². The molecule has 0 unspecified atom stereocenters. The van der Waals surface area contributed by atoms with Gasteiger partial charge in [-0.2, -0.15) is 0 Å². The van der Waals surface area contributed by atoms with Gasteiger partial charge in [0.1, 0.15) is 5.75 Å². The van der Waals surface area contributed by atoms with Crippen LogP contribution in [0.1, 0.15) is 90.5 Å². The molecule has 0 aromatic heterocycles.